The summed E-state index contributed by atoms with van der Waals surface area (Å²) in [5.74, 6) is 1.29. The molecule has 5 nitrogen and oxygen atoms in total. The number of carbonyl (C=O) groups is 1. The number of halogens is 1. The lowest BCUT2D eigenvalue weighted by Gasteiger charge is -2.25. The molecule has 1 N–H and O–H groups in total. The molecule has 6 heteroatoms. The molecule has 1 heterocycles. The van der Waals surface area contributed by atoms with Gasteiger partial charge in [0.25, 0.3) is 5.91 Å². The van der Waals surface area contributed by atoms with Crippen LogP contribution in [-0.2, 0) is 0 Å². The number of carbonyl (C=O) groups excluding carboxylic acids is 1. The van der Waals surface area contributed by atoms with Gasteiger partial charge in [0.15, 0.2) is 0 Å². The Morgan fingerprint density at radius 2 is 1.95 bits per heavy atom. The minimum atomic E-state index is -0.127. The van der Waals surface area contributed by atoms with Gasteiger partial charge in [-0.1, -0.05) is 6.92 Å². The zero-order valence-corrected chi connectivity index (χ0v) is 14.0. The van der Waals surface area contributed by atoms with E-state index in [0.717, 1.165) is 6.42 Å². The van der Waals surface area contributed by atoms with Gasteiger partial charge in [0, 0.05) is 12.1 Å². The fourth-order valence-corrected chi connectivity index (χ4v) is 3.25. The molecule has 21 heavy (non-hydrogen) atoms. The molecule has 1 aliphatic rings. The first-order valence-corrected chi connectivity index (χ1v) is 7.66. The Labute approximate surface area is 133 Å². The predicted octanol–water partition coefficient (Wildman–Crippen LogP) is 2.31. The zero-order valence-electron chi connectivity index (χ0n) is 12.4. The van der Waals surface area contributed by atoms with Crippen LogP contribution in [0.15, 0.2) is 16.6 Å². The second-order valence-corrected chi connectivity index (χ2v) is 6.00. The van der Waals surface area contributed by atoms with Crippen molar-refractivity contribution in [1.29, 1.82) is 0 Å². The SMILES string of the molecule is COc1cc(C(=O)N2CCC(C)C2CO)cc(OC)c1Br. The summed E-state index contributed by atoms with van der Waals surface area (Å²) in [6.45, 7) is 2.69. The second-order valence-electron chi connectivity index (χ2n) is 5.21. The van der Waals surface area contributed by atoms with Crippen LogP contribution in [0.25, 0.3) is 0 Å². The Bertz CT molecular complexity index is 509. The van der Waals surface area contributed by atoms with Crippen molar-refractivity contribution in [3.8, 4) is 11.5 Å². The van der Waals surface area contributed by atoms with E-state index in [0.29, 0.717) is 34.0 Å². The first-order chi connectivity index (χ1) is 10.0. The quantitative estimate of drug-likeness (QED) is 0.898. The molecule has 2 rings (SSSR count). The van der Waals surface area contributed by atoms with Crippen LogP contribution in [0.4, 0.5) is 0 Å². The van der Waals surface area contributed by atoms with Crippen LogP contribution in [0.2, 0.25) is 0 Å². The third-order valence-electron chi connectivity index (χ3n) is 4.02. The molecule has 1 fully saturated rings. The van der Waals surface area contributed by atoms with Gasteiger partial charge >= 0.3 is 0 Å². The van der Waals surface area contributed by atoms with Gasteiger partial charge in [-0.3, -0.25) is 4.79 Å². The molecular weight excluding hydrogens is 338 g/mol. The summed E-state index contributed by atoms with van der Waals surface area (Å²) >= 11 is 3.39. The highest BCUT2D eigenvalue weighted by Gasteiger charge is 2.34. The minimum Gasteiger partial charge on any atom is -0.495 e. The monoisotopic (exact) mass is 357 g/mol. The van der Waals surface area contributed by atoms with Crippen LogP contribution >= 0.6 is 15.9 Å². The maximum absolute atomic E-state index is 12.7. The lowest BCUT2D eigenvalue weighted by atomic mass is 10.0. The van der Waals surface area contributed by atoms with E-state index in [9.17, 15) is 9.90 Å². The van der Waals surface area contributed by atoms with E-state index in [2.05, 4.69) is 22.9 Å². The van der Waals surface area contributed by atoms with Crippen LogP contribution < -0.4 is 9.47 Å². The molecule has 0 radical (unpaired) electrons. The van der Waals surface area contributed by atoms with Crippen molar-refractivity contribution in [2.24, 2.45) is 5.92 Å². The normalized spacial score (nSPS) is 21.5. The number of amides is 1. The van der Waals surface area contributed by atoms with Crippen molar-refractivity contribution >= 4 is 21.8 Å². The molecule has 0 aromatic heterocycles. The first-order valence-electron chi connectivity index (χ1n) is 6.86. The van der Waals surface area contributed by atoms with Crippen molar-refractivity contribution in [2.75, 3.05) is 27.4 Å². The number of ether oxygens (including phenoxy) is 2. The number of nitrogens with zero attached hydrogens (tertiary/aromatic N) is 1. The lowest BCUT2D eigenvalue weighted by Crippen LogP contribution is -2.39. The van der Waals surface area contributed by atoms with Crippen molar-refractivity contribution in [2.45, 2.75) is 19.4 Å². The third-order valence-corrected chi connectivity index (χ3v) is 4.80. The maximum atomic E-state index is 12.7. The second kappa shape index (κ2) is 6.66. The van der Waals surface area contributed by atoms with Crippen LogP contribution in [0.5, 0.6) is 11.5 Å². The minimum absolute atomic E-state index is 0.0162. The van der Waals surface area contributed by atoms with Gasteiger partial charge in [-0.25, -0.2) is 0 Å². The molecule has 0 bridgehead atoms. The van der Waals surface area contributed by atoms with Crippen molar-refractivity contribution in [3.63, 3.8) is 0 Å². The maximum Gasteiger partial charge on any atom is 0.254 e. The number of aliphatic hydroxyl groups is 1. The smallest absolute Gasteiger partial charge is 0.254 e. The summed E-state index contributed by atoms with van der Waals surface area (Å²) < 4.78 is 11.2. The van der Waals surface area contributed by atoms with E-state index in [1.165, 1.54) is 0 Å². The van der Waals surface area contributed by atoms with E-state index in [1.54, 1.807) is 31.3 Å². The number of hydrogen-bond donors (Lipinski definition) is 1. The number of methoxy groups -OCH3 is 2. The van der Waals surface area contributed by atoms with Crippen LogP contribution in [0, 0.1) is 5.92 Å². The Morgan fingerprint density at radius 3 is 2.43 bits per heavy atom. The summed E-state index contributed by atoms with van der Waals surface area (Å²) in [6.07, 6.45) is 0.905. The van der Waals surface area contributed by atoms with Crippen molar-refractivity contribution < 1.29 is 19.4 Å². The van der Waals surface area contributed by atoms with Gasteiger partial charge in [0.2, 0.25) is 0 Å². The molecule has 1 saturated heterocycles. The Morgan fingerprint density at radius 1 is 1.38 bits per heavy atom. The van der Waals surface area contributed by atoms with E-state index in [1.807, 2.05) is 0 Å². The highest BCUT2D eigenvalue weighted by atomic mass is 79.9. The zero-order chi connectivity index (χ0) is 15.6. The van der Waals surface area contributed by atoms with Crippen LogP contribution in [0.1, 0.15) is 23.7 Å². The predicted molar refractivity (Wildman–Crippen MR) is 82.9 cm³/mol. The summed E-state index contributed by atoms with van der Waals surface area (Å²) in [7, 11) is 3.09. The van der Waals surface area contributed by atoms with Gasteiger partial charge in [-0.05, 0) is 40.4 Å². The highest BCUT2D eigenvalue weighted by Crippen LogP contribution is 2.36. The number of hydrogen-bond acceptors (Lipinski definition) is 4. The molecule has 1 amide bonds. The molecule has 116 valence electrons. The van der Waals surface area contributed by atoms with E-state index < -0.39 is 0 Å². The summed E-state index contributed by atoms with van der Waals surface area (Å²) in [6, 6.07) is 3.25. The van der Waals surface area contributed by atoms with E-state index >= 15 is 0 Å². The van der Waals surface area contributed by atoms with Gasteiger partial charge in [0.1, 0.15) is 16.0 Å². The highest BCUT2D eigenvalue weighted by molar-refractivity contribution is 9.10. The topological polar surface area (TPSA) is 59.0 Å². The summed E-state index contributed by atoms with van der Waals surface area (Å²) in [4.78, 5) is 14.4. The number of likely N-dealkylation sites (tertiary alicyclic amines) is 1. The van der Waals surface area contributed by atoms with Crippen LogP contribution in [-0.4, -0.2) is 49.3 Å². The Balaban J connectivity index is 2.35. The van der Waals surface area contributed by atoms with Crippen molar-refractivity contribution in [3.05, 3.63) is 22.2 Å². The summed E-state index contributed by atoms with van der Waals surface area (Å²) in [5.41, 5.74) is 0.499. The van der Waals surface area contributed by atoms with E-state index in [-0.39, 0.29) is 18.6 Å². The Hall–Kier alpha value is -1.27. The van der Waals surface area contributed by atoms with Gasteiger partial charge in [0.05, 0.1) is 26.9 Å². The fraction of sp³-hybridized carbons (Fsp3) is 0.533. The molecule has 0 aliphatic carbocycles. The Kier molecular flexibility index (Phi) is 5.11. The number of benzene rings is 1. The molecule has 2 unspecified atom stereocenters. The molecule has 2 atom stereocenters. The first kappa shape index (κ1) is 16.1. The molecule has 1 aromatic carbocycles. The molecule has 1 aromatic rings. The molecular formula is C15H20BrNO4. The van der Waals surface area contributed by atoms with Crippen LogP contribution in [0.3, 0.4) is 0 Å². The number of rotatable bonds is 4. The average Bonchev–Trinajstić information content (AvgIpc) is 2.87. The van der Waals surface area contributed by atoms with Crippen molar-refractivity contribution in [1.82, 2.24) is 4.90 Å². The third kappa shape index (κ3) is 3.01. The molecule has 0 saturated carbocycles. The van der Waals surface area contributed by atoms with E-state index in [4.69, 9.17) is 9.47 Å². The lowest BCUT2D eigenvalue weighted by molar-refractivity contribution is 0.0647. The van der Waals surface area contributed by atoms with Gasteiger partial charge in [-0.15, -0.1) is 0 Å². The van der Waals surface area contributed by atoms with Gasteiger partial charge in [-0.2, -0.15) is 0 Å². The van der Waals surface area contributed by atoms with Gasteiger partial charge < -0.3 is 19.5 Å². The molecule has 1 aliphatic heterocycles. The standard InChI is InChI=1S/C15H20BrNO4/c1-9-4-5-17(11(9)8-18)15(19)10-6-12(20-2)14(16)13(7-10)21-3/h6-7,9,11,18H,4-5,8H2,1-3H3. The summed E-state index contributed by atoms with van der Waals surface area (Å²) in [5, 5.41) is 9.50. The largest absolute Gasteiger partial charge is 0.495 e. The molecule has 0 spiro atoms. The average molecular weight is 358 g/mol. The fourth-order valence-electron chi connectivity index (χ4n) is 2.70. The number of aliphatic hydroxyl groups excluding tert-OH is 1.